The van der Waals surface area contributed by atoms with E-state index in [9.17, 15) is 47.4 Å². The lowest BCUT2D eigenvalue weighted by molar-refractivity contribution is -0.202. The Kier molecular flexibility index (Phi) is 8.78. The van der Waals surface area contributed by atoms with Gasteiger partial charge in [0.05, 0.1) is 24.5 Å². The van der Waals surface area contributed by atoms with E-state index in [4.69, 9.17) is 18.9 Å². The van der Waals surface area contributed by atoms with Crippen molar-refractivity contribution in [3.05, 3.63) is 35.1 Å². The van der Waals surface area contributed by atoms with Crippen LogP contribution in [-0.2, 0) is 50.0 Å². The number of aliphatic hydroxyl groups excluding tert-OH is 1. The second-order valence-corrected chi connectivity index (χ2v) is 12.0. The number of amides is 1. The SMILES string of the molecule is COc1ccc2c3c1O[C@H]1C(OC(=O)[C@H](C)OC(=O)C[C@H](NC(=O)[C@H](C)O)C(=O)OC(=O)C(F)(F)F)=CC[C@@]4(O)[C@@H](C2)N(C)CC[C@]314. The number of methoxy groups -OCH3 is 1. The van der Waals surface area contributed by atoms with Gasteiger partial charge in [0.1, 0.15) is 17.9 Å². The number of nitrogens with one attached hydrogen (secondary N) is 1. The number of aliphatic hydroxyl groups is 2. The number of piperidine rings is 1. The summed E-state index contributed by atoms with van der Waals surface area (Å²) in [7, 11) is 3.41. The van der Waals surface area contributed by atoms with Crippen molar-refractivity contribution in [3.8, 4) is 11.5 Å². The summed E-state index contributed by atoms with van der Waals surface area (Å²) in [5.41, 5.74) is -0.519. The van der Waals surface area contributed by atoms with Gasteiger partial charge in [-0.25, -0.2) is 14.4 Å². The fourth-order valence-electron chi connectivity index (χ4n) is 6.95. The van der Waals surface area contributed by atoms with Crippen molar-refractivity contribution in [3.63, 3.8) is 0 Å². The average Bonchev–Trinajstić information content (AvgIpc) is 3.35. The van der Waals surface area contributed by atoms with E-state index >= 15 is 0 Å². The molecule has 4 aliphatic rings. The molecule has 1 amide bonds. The van der Waals surface area contributed by atoms with Crippen LogP contribution in [0.3, 0.4) is 0 Å². The maximum Gasteiger partial charge on any atom is 0.491 e. The molecule has 3 N–H and O–H groups in total. The van der Waals surface area contributed by atoms with Gasteiger partial charge in [0.25, 0.3) is 0 Å². The molecule has 1 saturated heterocycles. The normalized spacial score (nSPS) is 27.6. The standard InChI is InChI=1S/C30H33F3N2O12/c1-13(36)24(38)34-16(26(40)47-27(41)30(31,32)33)12-20(37)44-14(2)25(39)45-18-7-8-29(42)19-11-15-5-6-17(43-4)22-21(15)28(29,23(18)46-22)9-10-35(19)3/h5-7,13-14,16,19,23,36,42H,8-12H2,1-4H3,(H,34,38)/t13-,14-,16-,19+,23-,28-,29+/m0/s1. The van der Waals surface area contributed by atoms with Crippen LogP contribution in [-0.4, -0.2) is 108 Å². The van der Waals surface area contributed by atoms with Gasteiger partial charge in [-0.05, 0) is 58.0 Å². The van der Waals surface area contributed by atoms with E-state index in [1.807, 2.05) is 13.1 Å². The first-order valence-corrected chi connectivity index (χ1v) is 14.7. The number of esters is 4. The van der Waals surface area contributed by atoms with Crippen molar-refractivity contribution in [2.45, 2.75) is 87.1 Å². The highest BCUT2D eigenvalue weighted by molar-refractivity contribution is 5.95. The summed E-state index contributed by atoms with van der Waals surface area (Å²) in [5.74, 6) is -7.64. The molecule has 14 nitrogen and oxygen atoms in total. The molecule has 1 aromatic rings. The Balaban J connectivity index is 1.32. The molecule has 1 fully saturated rings. The van der Waals surface area contributed by atoms with Crippen LogP contribution in [0.4, 0.5) is 13.2 Å². The molecular weight excluding hydrogens is 637 g/mol. The number of nitrogens with zero attached hydrogens (tertiary/aromatic N) is 1. The van der Waals surface area contributed by atoms with Crippen molar-refractivity contribution in [2.24, 2.45) is 0 Å². The number of likely N-dealkylation sites (tertiary alicyclic amines) is 1. The summed E-state index contributed by atoms with van der Waals surface area (Å²) in [6, 6.07) is 1.25. The lowest BCUT2D eigenvalue weighted by atomic mass is 9.50. The molecule has 0 saturated carbocycles. The second-order valence-electron chi connectivity index (χ2n) is 12.0. The van der Waals surface area contributed by atoms with Gasteiger partial charge in [0.15, 0.2) is 23.7 Å². The van der Waals surface area contributed by atoms with Crippen LogP contribution in [0.5, 0.6) is 11.5 Å². The van der Waals surface area contributed by atoms with E-state index in [1.165, 1.54) is 7.11 Å². The van der Waals surface area contributed by atoms with Crippen molar-refractivity contribution in [1.29, 1.82) is 0 Å². The molecular formula is C30H33F3N2O12. The van der Waals surface area contributed by atoms with Gasteiger partial charge in [-0.1, -0.05) is 6.07 Å². The zero-order valence-corrected chi connectivity index (χ0v) is 25.7. The Hall–Kier alpha value is -4.22. The van der Waals surface area contributed by atoms with Crippen molar-refractivity contribution in [1.82, 2.24) is 10.2 Å². The minimum absolute atomic E-state index is 0.0632. The number of carbonyl (C=O) groups excluding carboxylic acids is 5. The van der Waals surface area contributed by atoms with E-state index in [-0.39, 0.29) is 18.2 Å². The second kappa shape index (κ2) is 12.1. The summed E-state index contributed by atoms with van der Waals surface area (Å²) < 4.78 is 64.1. The third-order valence-corrected chi connectivity index (χ3v) is 9.19. The molecule has 2 aliphatic heterocycles. The Morgan fingerprint density at radius 1 is 1.17 bits per heavy atom. The van der Waals surface area contributed by atoms with E-state index in [0.717, 1.165) is 25.0 Å². The third-order valence-electron chi connectivity index (χ3n) is 9.19. The quantitative estimate of drug-likeness (QED) is 0.186. The summed E-state index contributed by atoms with van der Waals surface area (Å²) in [6.45, 7) is 2.71. The summed E-state index contributed by atoms with van der Waals surface area (Å²) >= 11 is 0. The molecule has 1 spiro atoms. The van der Waals surface area contributed by atoms with Gasteiger partial charge in [0, 0.05) is 18.0 Å². The number of ether oxygens (including phenoxy) is 5. The Labute approximate surface area is 265 Å². The van der Waals surface area contributed by atoms with Crippen molar-refractivity contribution >= 4 is 29.8 Å². The molecule has 47 heavy (non-hydrogen) atoms. The van der Waals surface area contributed by atoms with Crippen LogP contribution >= 0.6 is 0 Å². The minimum Gasteiger partial charge on any atom is -0.493 e. The van der Waals surface area contributed by atoms with Crippen LogP contribution in [0.15, 0.2) is 24.0 Å². The first kappa shape index (κ1) is 34.1. The van der Waals surface area contributed by atoms with Gasteiger partial charge in [0.2, 0.25) is 5.91 Å². The number of alkyl halides is 3. The molecule has 2 bridgehead atoms. The molecule has 1 aromatic carbocycles. The smallest absolute Gasteiger partial charge is 0.491 e. The Morgan fingerprint density at radius 2 is 1.87 bits per heavy atom. The lowest BCUT2D eigenvalue weighted by Gasteiger charge is -2.61. The number of benzene rings is 1. The Bertz CT molecular complexity index is 1540. The molecule has 5 rings (SSSR count). The van der Waals surface area contributed by atoms with E-state index in [1.54, 1.807) is 17.5 Å². The largest absolute Gasteiger partial charge is 0.493 e. The molecule has 2 aliphatic carbocycles. The van der Waals surface area contributed by atoms with Crippen LogP contribution in [0.1, 0.15) is 44.2 Å². The lowest BCUT2D eigenvalue weighted by Crippen LogP contribution is -2.74. The average molecular weight is 671 g/mol. The Morgan fingerprint density at radius 3 is 2.51 bits per heavy atom. The minimum atomic E-state index is -5.56. The first-order valence-electron chi connectivity index (χ1n) is 14.7. The first-order chi connectivity index (χ1) is 21.9. The monoisotopic (exact) mass is 670 g/mol. The van der Waals surface area contributed by atoms with Crippen LogP contribution in [0, 0.1) is 0 Å². The molecule has 7 atom stereocenters. The van der Waals surface area contributed by atoms with Gasteiger partial charge >= 0.3 is 30.1 Å². The maximum atomic E-state index is 13.2. The van der Waals surface area contributed by atoms with Gasteiger partial charge < -0.3 is 44.1 Å². The summed E-state index contributed by atoms with van der Waals surface area (Å²) in [5, 5.41) is 23.5. The molecule has 0 aromatic heterocycles. The van der Waals surface area contributed by atoms with Crippen LogP contribution in [0.2, 0.25) is 0 Å². The van der Waals surface area contributed by atoms with E-state index in [0.29, 0.717) is 30.9 Å². The highest BCUT2D eigenvalue weighted by Crippen LogP contribution is 2.65. The molecule has 0 radical (unpaired) electrons. The molecule has 256 valence electrons. The highest BCUT2D eigenvalue weighted by Gasteiger charge is 2.72. The zero-order chi connectivity index (χ0) is 34.6. The fourth-order valence-corrected chi connectivity index (χ4v) is 6.95. The number of carbonyl (C=O) groups is 5. The number of rotatable bonds is 9. The fraction of sp³-hybridized carbons (Fsp3) is 0.567. The van der Waals surface area contributed by atoms with Crippen LogP contribution < -0.4 is 14.8 Å². The van der Waals surface area contributed by atoms with E-state index in [2.05, 4.69) is 9.64 Å². The zero-order valence-electron chi connectivity index (χ0n) is 25.7. The number of hydrogen-bond acceptors (Lipinski definition) is 13. The highest BCUT2D eigenvalue weighted by atomic mass is 19.4. The van der Waals surface area contributed by atoms with Crippen molar-refractivity contribution in [2.75, 3.05) is 20.7 Å². The number of hydrogen-bond donors (Lipinski definition) is 3. The maximum absolute atomic E-state index is 13.2. The van der Waals surface area contributed by atoms with Crippen LogP contribution in [0.25, 0.3) is 0 Å². The van der Waals surface area contributed by atoms with Crippen molar-refractivity contribution < 1.29 is 71.0 Å². The number of halogens is 3. The molecule has 2 heterocycles. The molecule has 0 unspecified atom stereocenters. The van der Waals surface area contributed by atoms with Gasteiger partial charge in [-0.3, -0.25) is 9.59 Å². The topological polar surface area (TPSA) is 187 Å². The van der Waals surface area contributed by atoms with Gasteiger partial charge in [-0.2, -0.15) is 13.2 Å². The summed E-state index contributed by atoms with van der Waals surface area (Å²) in [6.07, 6.45) is -8.40. The predicted octanol–water partition coefficient (Wildman–Crippen LogP) is 0.336. The summed E-state index contributed by atoms with van der Waals surface area (Å²) in [4.78, 5) is 63.2. The van der Waals surface area contributed by atoms with E-state index < -0.39 is 77.8 Å². The third kappa shape index (κ3) is 5.69. The number of likely N-dealkylation sites (N-methyl/N-ethyl adjacent to an activating group) is 1. The predicted molar refractivity (Wildman–Crippen MR) is 149 cm³/mol. The molecule has 17 heteroatoms. The van der Waals surface area contributed by atoms with Gasteiger partial charge in [-0.15, -0.1) is 0 Å².